The van der Waals surface area contributed by atoms with Crippen LogP contribution in [0.3, 0.4) is 0 Å². The molecule has 7 nitrogen and oxygen atoms in total. The summed E-state index contributed by atoms with van der Waals surface area (Å²) in [5.41, 5.74) is 0.850. The van der Waals surface area contributed by atoms with Crippen LogP contribution in [-0.2, 0) is 9.59 Å². The number of Topliss-reactive ketones (excluding diaryl/α,β-unsaturated/α-hetero) is 1. The predicted molar refractivity (Wildman–Crippen MR) is 86.8 cm³/mol. The highest BCUT2D eigenvalue weighted by Gasteiger charge is 2.33. The molecule has 1 aliphatic heterocycles. The summed E-state index contributed by atoms with van der Waals surface area (Å²) < 4.78 is 5.55. The first-order chi connectivity index (χ1) is 11.3. The van der Waals surface area contributed by atoms with Crippen LogP contribution in [0.4, 0.5) is 5.69 Å². The average Bonchev–Trinajstić information content (AvgIpc) is 2.56. The first kappa shape index (κ1) is 17.5. The van der Waals surface area contributed by atoms with Gasteiger partial charge in [0.15, 0.2) is 11.9 Å². The fraction of sp³-hybridized carbons (Fsp3) is 0.412. The van der Waals surface area contributed by atoms with Gasteiger partial charge in [-0.1, -0.05) is 0 Å². The number of ketones is 1. The summed E-state index contributed by atoms with van der Waals surface area (Å²) in [6.07, 6.45) is -0.487. The van der Waals surface area contributed by atoms with Crippen molar-refractivity contribution in [2.45, 2.75) is 26.4 Å². The van der Waals surface area contributed by atoms with Crippen LogP contribution in [0.25, 0.3) is 0 Å². The van der Waals surface area contributed by atoms with Crippen molar-refractivity contribution in [1.82, 2.24) is 4.90 Å². The molecular weight excluding hydrogens is 310 g/mol. The third-order valence-corrected chi connectivity index (χ3v) is 3.85. The van der Waals surface area contributed by atoms with Gasteiger partial charge in [-0.3, -0.25) is 19.3 Å². The van der Waals surface area contributed by atoms with E-state index in [9.17, 15) is 14.4 Å². The van der Waals surface area contributed by atoms with E-state index in [0.717, 1.165) is 0 Å². The Kier molecular flexibility index (Phi) is 5.19. The molecule has 126 valence electrons. The van der Waals surface area contributed by atoms with Crippen LogP contribution in [-0.4, -0.2) is 48.7 Å². The molecule has 0 fully saturated rings. The molecule has 7 heteroatoms. The number of carbonyl (C=O) groups is 3. The van der Waals surface area contributed by atoms with E-state index in [2.05, 4.69) is 0 Å². The van der Waals surface area contributed by atoms with Crippen molar-refractivity contribution in [3.05, 3.63) is 23.8 Å². The fourth-order valence-electron chi connectivity index (χ4n) is 2.39. The molecule has 1 aromatic rings. The zero-order chi connectivity index (χ0) is 17.9. The van der Waals surface area contributed by atoms with Gasteiger partial charge in [-0.05, 0) is 32.0 Å². The maximum Gasteiger partial charge on any atom is 0.268 e. The highest BCUT2D eigenvalue weighted by Crippen LogP contribution is 2.35. The van der Waals surface area contributed by atoms with E-state index in [1.54, 1.807) is 32.2 Å². The van der Waals surface area contributed by atoms with Crippen LogP contribution in [0.2, 0.25) is 0 Å². The SMILES string of the molecule is CC(=O)c1ccc2c(c1)N(CC(=O)N(C)CCC#N)C(=O)C(C)O2. The van der Waals surface area contributed by atoms with Crippen LogP contribution in [0.1, 0.15) is 30.6 Å². The third kappa shape index (κ3) is 3.54. The van der Waals surface area contributed by atoms with Crippen molar-refractivity contribution in [3.63, 3.8) is 0 Å². The summed E-state index contributed by atoms with van der Waals surface area (Å²) in [4.78, 5) is 39.1. The summed E-state index contributed by atoms with van der Waals surface area (Å²) in [7, 11) is 1.58. The molecule has 0 spiro atoms. The minimum atomic E-state index is -0.710. The van der Waals surface area contributed by atoms with Gasteiger partial charge in [0.2, 0.25) is 5.91 Å². The van der Waals surface area contributed by atoms with E-state index in [1.807, 2.05) is 6.07 Å². The number of likely N-dealkylation sites (N-methyl/N-ethyl adjacent to an activating group) is 1. The number of amides is 2. The lowest BCUT2D eigenvalue weighted by molar-refractivity contribution is -0.132. The van der Waals surface area contributed by atoms with Gasteiger partial charge in [0.05, 0.1) is 18.2 Å². The molecule has 1 aromatic carbocycles. The molecule has 0 aromatic heterocycles. The van der Waals surface area contributed by atoms with Gasteiger partial charge in [0, 0.05) is 19.2 Å². The minimum Gasteiger partial charge on any atom is -0.479 e. The summed E-state index contributed by atoms with van der Waals surface area (Å²) in [6.45, 7) is 3.18. The van der Waals surface area contributed by atoms with E-state index in [0.29, 0.717) is 23.5 Å². The lowest BCUT2D eigenvalue weighted by Gasteiger charge is -2.33. The Labute approximate surface area is 140 Å². The lowest BCUT2D eigenvalue weighted by Crippen LogP contribution is -2.49. The van der Waals surface area contributed by atoms with Gasteiger partial charge in [0.1, 0.15) is 12.3 Å². The smallest absolute Gasteiger partial charge is 0.268 e. The Morgan fingerprint density at radius 2 is 2.12 bits per heavy atom. The van der Waals surface area contributed by atoms with Crippen molar-refractivity contribution >= 4 is 23.3 Å². The molecule has 0 N–H and O–H groups in total. The molecule has 2 amide bonds. The summed E-state index contributed by atoms with van der Waals surface area (Å²) in [6, 6.07) is 6.79. The molecule has 1 heterocycles. The number of anilines is 1. The molecule has 24 heavy (non-hydrogen) atoms. The fourth-order valence-corrected chi connectivity index (χ4v) is 2.39. The van der Waals surface area contributed by atoms with Crippen molar-refractivity contribution < 1.29 is 19.1 Å². The number of nitriles is 1. The number of nitrogens with zero attached hydrogens (tertiary/aromatic N) is 3. The van der Waals surface area contributed by atoms with Gasteiger partial charge in [-0.25, -0.2) is 0 Å². The predicted octanol–water partition coefficient (Wildman–Crippen LogP) is 1.38. The Morgan fingerprint density at radius 3 is 2.75 bits per heavy atom. The molecular formula is C17H19N3O4. The Bertz CT molecular complexity index is 723. The maximum atomic E-state index is 12.4. The molecule has 2 rings (SSSR count). The second kappa shape index (κ2) is 7.13. The van der Waals surface area contributed by atoms with Crippen LogP contribution in [0.15, 0.2) is 18.2 Å². The summed E-state index contributed by atoms with van der Waals surface area (Å²) in [5.74, 6) is -0.307. The van der Waals surface area contributed by atoms with Crippen molar-refractivity contribution in [1.29, 1.82) is 5.26 Å². The number of hydrogen-bond donors (Lipinski definition) is 0. The Hall–Kier alpha value is -2.88. The highest BCUT2D eigenvalue weighted by atomic mass is 16.5. The molecule has 0 radical (unpaired) electrons. The zero-order valence-corrected chi connectivity index (χ0v) is 13.9. The Balaban J connectivity index is 2.30. The summed E-state index contributed by atoms with van der Waals surface area (Å²) >= 11 is 0. The quantitative estimate of drug-likeness (QED) is 0.761. The topological polar surface area (TPSA) is 90.7 Å². The zero-order valence-electron chi connectivity index (χ0n) is 13.9. The Morgan fingerprint density at radius 1 is 1.42 bits per heavy atom. The van der Waals surface area contributed by atoms with Gasteiger partial charge in [-0.15, -0.1) is 0 Å². The van der Waals surface area contributed by atoms with Gasteiger partial charge in [-0.2, -0.15) is 5.26 Å². The van der Waals surface area contributed by atoms with Crippen molar-refractivity contribution in [2.75, 3.05) is 25.0 Å². The lowest BCUT2D eigenvalue weighted by atomic mass is 10.1. The molecule has 0 aliphatic carbocycles. The average molecular weight is 329 g/mol. The minimum absolute atomic E-state index is 0.138. The largest absolute Gasteiger partial charge is 0.479 e. The molecule has 1 unspecified atom stereocenters. The highest BCUT2D eigenvalue weighted by molar-refractivity contribution is 6.05. The van der Waals surface area contributed by atoms with Crippen LogP contribution in [0.5, 0.6) is 5.75 Å². The number of hydrogen-bond acceptors (Lipinski definition) is 5. The number of rotatable bonds is 5. The van der Waals surface area contributed by atoms with Crippen LogP contribution < -0.4 is 9.64 Å². The number of ether oxygens (including phenoxy) is 1. The number of carbonyl (C=O) groups excluding carboxylic acids is 3. The van der Waals surface area contributed by atoms with Crippen molar-refractivity contribution in [2.24, 2.45) is 0 Å². The van der Waals surface area contributed by atoms with E-state index in [4.69, 9.17) is 10.00 Å². The van der Waals surface area contributed by atoms with Crippen molar-refractivity contribution in [3.8, 4) is 11.8 Å². The van der Waals surface area contributed by atoms with E-state index in [-0.39, 0.29) is 30.6 Å². The van der Waals surface area contributed by atoms with E-state index in [1.165, 1.54) is 16.7 Å². The maximum absolute atomic E-state index is 12.4. The standard InChI is InChI=1S/C17H19N3O4/c1-11(21)13-5-6-15-14(9-13)20(17(23)12(2)24-15)10-16(22)19(3)8-4-7-18/h5-6,9,12H,4,8,10H2,1-3H3. The molecule has 0 bridgehead atoms. The van der Waals surface area contributed by atoms with E-state index < -0.39 is 6.10 Å². The molecule has 1 aliphatic rings. The first-order valence-electron chi connectivity index (χ1n) is 7.59. The second-order valence-corrected chi connectivity index (χ2v) is 5.65. The van der Waals surface area contributed by atoms with Gasteiger partial charge < -0.3 is 9.64 Å². The normalized spacial score (nSPS) is 16.0. The van der Waals surface area contributed by atoms with Gasteiger partial charge in [0.25, 0.3) is 5.91 Å². The monoisotopic (exact) mass is 329 g/mol. The molecule has 0 saturated carbocycles. The second-order valence-electron chi connectivity index (χ2n) is 5.65. The first-order valence-corrected chi connectivity index (χ1v) is 7.59. The molecule has 1 atom stereocenters. The van der Waals surface area contributed by atoms with Crippen LogP contribution in [0, 0.1) is 11.3 Å². The summed E-state index contributed by atoms with van der Waals surface area (Å²) in [5, 5.41) is 8.61. The van der Waals surface area contributed by atoms with E-state index >= 15 is 0 Å². The number of benzene rings is 1. The number of fused-ring (bicyclic) bond motifs is 1. The third-order valence-electron chi connectivity index (χ3n) is 3.85. The van der Waals surface area contributed by atoms with Gasteiger partial charge >= 0.3 is 0 Å². The van der Waals surface area contributed by atoms with Crippen LogP contribution >= 0.6 is 0 Å². The molecule has 0 saturated heterocycles.